The number of rotatable bonds is 5. The highest BCUT2D eigenvalue weighted by Crippen LogP contribution is 2.29. The second-order valence-electron chi connectivity index (χ2n) is 6.52. The van der Waals surface area contributed by atoms with Gasteiger partial charge in [0.05, 0.1) is 11.6 Å². The molecule has 1 saturated heterocycles. The number of carbonyl (C=O) groups excluding carboxylic acids is 1. The molecule has 5 heteroatoms. The number of aromatic nitrogens is 2. The maximum absolute atomic E-state index is 13.2. The Hall–Kier alpha value is -1.75. The van der Waals surface area contributed by atoms with E-state index in [0.29, 0.717) is 5.92 Å². The Morgan fingerprint density at radius 1 is 1.42 bits per heavy atom. The summed E-state index contributed by atoms with van der Waals surface area (Å²) in [6.45, 7) is 3.66. The van der Waals surface area contributed by atoms with Crippen LogP contribution in [0.1, 0.15) is 41.6 Å². The molecule has 2 heterocycles. The quantitative estimate of drug-likeness (QED) is 0.903. The van der Waals surface area contributed by atoms with Crippen LogP contribution in [0, 0.1) is 6.92 Å². The van der Waals surface area contributed by atoms with Crippen LogP contribution in [0.3, 0.4) is 0 Å². The predicted molar refractivity (Wildman–Crippen MR) is 99.4 cm³/mol. The van der Waals surface area contributed by atoms with Crippen molar-refractivity contribution < 1.29 is 4.79 Å². The summed E-state index contributed by atoms with van der Waals surface area (Å²) in [6.07, 6.45) is 4.21. The summed E-state index contributed by atoms with van der Waals surface area (Å²) < 4.78 is 0. The average molecular weight is 343 g/mol. The summed E-state index contributed by atoms with van der Waals surface area (Å²) >= 11 is 1.73. The number of nitrogens with zero attached hydrogens (tertiary/aromatic N) is 2. The number of piperidine rings is 1. The van der Waals surface area contributed by atoms with E-state index >= 15 is 0 Å². The van der Waals surface area contributed by atoms with Gasteiger partial charge < -0.3 is 4.90 Å². The zero-order valence-electron chi connectivity index (χ0n) is 14.4. The van der Waals surface area contributed by atoms with Gasteiger partial charge in [0.25, 0.3) is 0 Å². The second kappa shape index (κ2) is 7.88. The Labute approximate surface area is 148 Å². The normalized spacial score (nSPS) is 19.2. The molecule has 0 saturated carbocycles. The van der Waals surface area contributed by atoms with Crippen molar-refractivity contribution >= 4 is 17.7 Å². The molecule has 0 bridgehead atoms. The van der Waals surface area contributed by atoms with Crippen molar-refractivity contribution in [2.24, 2.45) is 0 Å². The molecular formula is C19H25N3OS. The van der Waals surface area contributed by atoms with Crippen LogP contribution in [-0.2, 0) is 4.79 Å². The minimum Gasteiger partial charge on any atom is -0.341 e. The molecule has 1 amide bonds. The van der Waals surface area contributed by atoms with Gasteiger partial charge in [0.15, 0.2) is 0 Å². The SMILES string of the molecule is CSC[C@@H](C(=O)N1CCC[C@@H](c2cc(C)[nH]n2)C1)c1ccccc1. The molecule has 0 unspecified atom stereocenters. The molecule has 0 spiro atoms. The number of amides is 1. The van der Waals surface area contributed by atoms with E-state index in [2.05, 4.69) is 34.7 Å². The van der Waals surface area contributed by atoms with Gasteiger partial charge in [-0.25, -0.2) is 0 Å². The van der Waals surface area contributed by atoms with Gasteiger partial charge in [-0.3, -0.25) is 9.89 Å². The van der Waals surface area contributed by atoms with E-state index in [1.54, 1.807) is 11.8 Å². The van der Waals surface area contributed by atoms with Gasteiger partial charge in [0.2, 0.25) is 5.91 Å². The highest BCUT2D eigenvalue weighted by molar-refractivity contribution is 7.98. The Bertz CT molecular complexity index is 670. The van der Waals surface area contributed by atoms with Crippen LogP contribution in [0.5, 0.6) is 0 Å². The molecule has 0 aliphatic carbocycles. The lowest BCUT2D eigenvalue weighted by molar-refractivity contribution is -0.133. The van der Waals surface area contributed by atoms with Crippen molar-refractivity contribution in [1.82, 2.24) is 15.1 Å². The molecule has 1 fully saturated rings. The number of thioether (sulfide) groups is 1. The monoisotopic (exact) mass is 343 g/mol. The molecule has 128 valence electrons. The van der Waals surface area contributed by atoms with Crippen molar-refractivity contribution in [2.75, 3.05) is 25.1 Å². The Kier molecular flexibility index (Phi) is 5.61. The second-order valence-corrected chi connectivity index (χ2v) is 7.43. The molecule has 24 heavy (non-hydrogen) atoms. The fraction of sp³-hybridized carbons (Fsp3) is 0.474. The number of nitrogens with one attached hydrogen (secondary N) is 1. The fourth-order valence-electron chi connectivity index (χ4n) is 3.45. The first kappa shape index (κ1) is 17.1. The molecule has 2 aromatic rings. The predicted octanol–water partition coefficient (Wildman–Crippen LogP) is 3.57. The summed E-state index contributed by atoms with van der Waals surface area (Å²) in [4.78, 5) is 15.2. The third-order valence-electron chi connectivity index (χ3n) is 4.71. The van der Waals surface area contributed by atoms with E-state index in [4.69, 9.17) is 0 Å². The molecule has 2 atom stereocenters. The molecule has 1 aromatic heterocycles. The molecule has 1 aromatic carbocycles. The Morgan fingerprint density at radius 2 is 2.21 bits per heavy atom. The first-order valence-corrected chi connectivity index (χ1v) is 9.93. The van der Waals surface area contributed by atoms with E-state index in [-0.39, 0.29) is 11.8 Å². The number of likely N-dealkylation sites (tertiary alicyclic amines) is 1. The topological polar surface area (TPSA) is 49.0 Å². The molecule has 3 rings (SSSR count). The lowest BCUT2D eigenvalue weighted by Gasteiger charge is -2.34. The van der Waals surface area contributed by atoms with Crippen LogP contribution in [0.25, 0.3) is 0 Å². The van der Waals surface area contributed by atoms with Crippen LogP contribution in [0.4, 0.5) is 0 Å². The van der Waals surface area contributed by atoms with E-state index in [1.807, 2.05) is 30.0 Å². The smallest absolute Gasteiger partial charge is 0.230 e. The molecule has 4 nitrogen and oxygen atoms in total. The molecular weight excluding hydrogens is 318 g/mol. The van der Waals surface area contributed by atoms with Gasteiger partial charge in [0, 0.05) is 30.5 Å². The Balaban J connectivity index is 1.74. The van der Waals surface area contributed by atoms with Crippen molar-refractivity contribution in [3.8, 4) is 0 Å². The van der Waals surface area contributed by atoms with Gasteiger partial charge in [-0.15, -0.1) is 0 Å². The van der Waals surface area contributed by atoms with Gasteiger partial charge in [-0.2, -0.15) is 16.9 Å². The summed E-state index contributed by atoms with van der Waals surface area (Å²) in [5.74, 6) is 1.37. The molecule has 1 aliphatic rings. The lowest BCUT2D eigenvalue weighted by Crippen LogP contribution is -2.42. The highest BCUT2D eigenvalue weighted by atomic mass is 32.2. The van der Waals surface area contributed by atoms with Gasteiger partial charge in [0.1, 0.15) is 0 Å². The largest absolute Gasteiger partial charge is 0.341 e. The zero-order valence-corrected chi connectivity index (χ0v) is 15.2. The minimum atomic E-state index is -0.0547. The highest BCUT2D eigenvalue weighted by Gasteiger charge is 2.30. The van der Waals surface area contributed by atoms with Crippen LogP contribution in [0.2, 0.25) is 0 Å². The molecule has 0 radical (unpaired) electrons. The maximum atomic E-state index is 13.2. The van der Waals surface area contributed by atoms with E-state index < -0.39 is 0 Å². The third-order valence-corrected chi connectivity index (χ3v) is 5.38. The summed E-state index contributed by atoms with van der Waals surface area (Å²) in [6, 6.07) is 12.3. The van der Waals surface area contributed by atoms with Crippen LogP contribution < -0.4 is 0 Å². The number of hydrogen-bond acceptors (Lipinski definition) is 3. The number of aryl methyl sites for hydroxylation is 1. The first-order chi connectivity index (χ1) is 11.7. The molecule has 1 aliphatic heterocycles. The number of aromatic amines is 1. The molecule has 1 N–H and O–H groups in total. The van der Waals surface area contributed by atoms with Crippen molar-refractivity contribution in [3.63, 3.8) is 0 Å². The van der Waals surface area contributed by atoms with E-state index in [1.165, 1.54) is 0 Å². The van der Waals surface area contributed by atoms with Gasteiger partial charge >= 0.3 is 0 Å². The van der Waals surface area contributed by atoms with Gasteiger partial charge in [-0.1, -0.05) is 30.3 Å². The number of carbonyl (C=O) groups is 1. The Morgan fingerprint density at radius 3 is 2.88 bits per heavy atom. The van der Waals surface area contributed by atoms with Crippen molar-refractivity contribution in [3.05, 3.63) is 53.3 Å². The number of benzene rings is 1. The number of H-pyrrole nitrogens is 1. The maximum Gasteiger partial charge on any atom is 0.230 e. The third kappa shape index (κ3) is 3.83. The first-order valence-electron chi connectivity index (χ1n) is 8.53. The van der Waals surface area contributed by atoms with Gasteiger partial charge in [-0.05, 0) is 37.7 Å². The lowest BCUT2D eigenvalue weighted by atomic mass is 9.92. The number of hydrogen-bond donors (Lipinski definition) is 1. The summed E-state index contributed by atoms with van der Waals surface area (Å²) in [5, 5.41) is 7.43. The van der Waals surface area contributed by atoms with Crippen LogP contribution in [-0.4, -0.2) is 46.1 Å². The standard InChI is InChI=1S/C19H25N3OS/c1-14-11-18(21-20-14)16-9-6-10-22(12-16)19(23)17(13-24-2)15-7-4-3-5-8-15/h3-5,7-8,11,16-17H,6,9-10,12-13H2,1-2H3,(H,20,21)/t16-,17-/m1/s1. The van der Waals surface area contributed by atoms with E-state index in [9.17, 15) is 4.79 Å². The fourth-order valence-corrected chi connectivity index (χ4v) is 4.12. The van der Waals surface area contributed by atoms with Crippen LogP contribution >= 0.6 is 11.8 Å². The van der Waals surface area contributed by atoms with Crippen molar-refractivity contribution in [1.29, 1.82) is 0 Å². The van der Waals surface area contributed by atoms with Crippen LogP contribution in [0.15, 0.2) is 36.4 Å². The summed E-state index contributed by atoms with van der Waals surface area (Å²) in [7, 11) is 0. The summed E-state index contributed by atoms with van der Waals surface area (Å²) in [5.41, 5.74) is 3.29. The average Bonchev–Trinajstić information content (AvgIpc) is 3.06. The van der Waals surface area contributed by atoms with E-state index in [0.717, 1.165) is 48.6 Å². The minimum absolute atomic E-state index is 0.0547. The van der Waals surface area contributed by atoms with Crippen molar-refractivity contribution in [2.45, 2.75) is 31.6 Å². The zero-order chi connectivity index (χ0) is 16.9.